The zero-order valence-corrected chi connectivity index (χ0v) is 12.9. The molecule has 20 heavy (non-hydrogen) atoms. The molecule has 0 radical (unpaired) electrons. The van der Waals surface area contributed by atoms with Crippen LogP contribution in [0.25, 0.3) is 0 Å². The van der Waals surface area contributed by atoms with E-state index < -0.39 is 0 Å². The molecule has 0 saturated carbocycles. The van der Waals surface area contributed by atoms with Crippen molar-refractivity contribution in [2.24, 2.45) is 17.6 Å². The Labute approximate surface area is 122 Å². The first-order chi connectivity index (χ1) is 9.58. The summed E-state index contributed by atoms with van der Waals surface area (Å²) in [5.41, 5.74) is 5.82. The highest BCUT2D eigenvalue weighted by atomic mass is 16.5. The van der Waals surface area contributed by atoms with E-state index in [4.69, 9.17) is 10.5 Å². The van der Waals surface area contributed by atoms with Gasteiger partial charge in [0.15, 0.2) is 0 Å². The Bertz CT molecular complexity index is 308. The molecule has 2 fully saturated rings. The van der Waals surface area contributed by atoms with Crippen molar-refractivity contribution in [2.45, 2.75) is 32.7 Å². The fourth-order valence-electron chi connectivity index (χ4n) is 2.96. The maximum Gasteiger partial charge on any atom is 0.227 e. The van der Waals surface area contributed by atoms with Gasteiger partial charge in [0.05, 0.1) is 5.92 Å². The molecule has 116 valence electrons. The lowest BCUT2D eigenvalue weighted by Crippen LogP contribution is -2.52. The number of rotatable bonds is 4. The van der Waals surface area contributed by atoms with Crippen molar-refractivity contribution >= 4 is 5.91 Å². The first-order valence-electron chi connectivity index (χ1n) is 7.92. The van der Waals surface area contributed by atoms with Gasteiger partial charge in [0.1, 0.15) is 0 Å². The molecule has 2 aliphatic heterocycles. The monoisotopic (exact) mass is 283 g/mol. The minimum atomic E-state index is -0.0722. The third kappa shape index (κ3) is 4.17. The predicted molar refractivity (Wildman–Crippen MR) is 79.4 cm³/mol. The third-order valence-corrected chi connectivity index (χ3v) is 4.72. The summed E-state index contributed by atoms with van der Waals surface area (Å²) in [5.74, 6) is 0.914. The lowest BCUT2D eigenvalue weighted by molar-refractivity contribution is -0.137. The van der Waals surface area contributed by atoms with Crippen LogP contribution in [0, 0.1) is 11.8 Å². The quantitative estimate of drug-likeness (QED) is 0.818. The van der Waals surface area contributed by atoms with Crippen molar-refractivity contribution in [3.63, 3.8) is 0 Å². The van der Waals surface area contributed by atoms with Gasteiger partial charge in [0, 0.05) is 52.0 Å². The van der Waals surface area contributed by atoms with Crippen molar-refractivity contribution in [3.8, 4) is 0 Å². The molecule has 0 spiro atoms. The van der Waals surface area contributed by atoms with Gasteiger partial charge in [-0.05, 0) is 25.7 Å². The van der Waals surface area contributed by atoms with Crippen LogP contribution in [-0.2, 0) is 9.53 Å². The number of nitrogens with zero attached hydrogens (tertiary/aromatic N) is 2. The first kappa shape index (κ1) is 15.7. The molecule has 5 heteroatoms. The van der Waals surface area contributed by atoms with E-state index >= 15 is 0 Å². The summed E-state index contributed by atoms with van der Waals surface area (Å²) in [6.07, 6.45) is 2.36. The van der Waals surface area contributed by atoms with Gasteiger partial charge in [0.25, 0.3) is 0 Å². The molecule has 0 aliphatic carbocycles. The van der Waals surface area contributed by atoms with E-state index in [9.17, 15) is 4.79 Å². The van der Waals surface area contributed by atoms with Crippen molar-refractivity contribution in [1.82, 2.24) is 9.80 Å². The fourth-order valence-corrected chi connectivity index (χ4v) is 2.96. The minimum absolute atomic E-state index is 0.0669. The van der Waals surface area contributed by atoms with Crippen LogP contribution in [0.5, 0.6) is 0 Å². The Morgan fingerprint density at radius 1 is 1.20 bits per heavy atom. The molecule has 2 atom stereocenters. The van der Waals surface area contributed by atoms with Gasteiger partial charge in [-0.3, -0.25) is 9.69 Å². The average molecular weight is 283 g/mol. The molecule has 2 N–H and O–H groups in total. The molecule has 0 aromatic heterocycles. The lowest BCUT2D eigenvalue weighted by Gasteiger charge is -2.38. The first-order valence-corrected chi connectivity index (χ1v) is 7.92. The average Bonchev–Trinajstić information content (AvgIpc) is 2.47. The number of amides is 1. The minimum Gasteiger partial charge on any atom is -0.381 e. The third-order valence-electron chi connectivity index (χ3n) is 4.72. The molecule has 0 aromatic rings. The second-order valence-electron chi connectivity index (χ2n) is 6.33. The van der Waals surface area contributed by atoms with Gasteiger partial charge in [-0.15, -0.1) is 0 Å². The van der Waals surface area contributed by atoms with Crippen LogP contribution >= 0.6 is 0 Å². The second kappa shape index (κ2) is 7.38. The molecule has 2 rings (SSSR count). The van der Waals surface area contributed by atoms with Gasteiger partial charge in [-0.25, -0.2) is 0 Å². The van der Waals surface area contributed by atoms with Crippen LogP contribution in [0.2, 0.25) is 0 Å². The number of carbonyl (C=O) groups is 1. The number of ether oxygens (including phenoxy) is 1. The molecule has 2 saturated heterocycles. The molecule has 1 amide bonds. The molecule has 2 aliphatic rings. The van der Waals surface area contributed by atoms with Crippen LogP contribution in [0.3, 0.4) is 0 Å². The SMILES string of the molecule is CC(N)C(C)C(=O)N1CCN(CC2CCOCC2)CC1. The number of nitrogens with two attached hydrogens (primary N) is 1. The maximum absolute atomic E-state index is 12.2. The number of carbonyl (C=O) groups excluding carboxylic acids is 1. The number of piperazine rings is 1. The molecule has 0 aromatic carbocycles. The van der Waals surface area contributed by atoms with Gasteiger partial charge in [-0.2, -0.15) is 0 Å². The summed E-state index contributed by atoms with van der Waals surface area (Å²) in [7, 11) is 0. The van der Waals surface area contributed by atoms with E-state index in [1.807, 2.05) is 18.7 Å². The fraction of sp³-hybridized carbons (Fsp3) is 0.933. The standard InChI is InChI=1S/C15H29N3O2/c1-12(13(2)16)15(19)18-7-5-17(6-8-18)11-14-3-9-20-10-4-14/h12-14H,3-11,16H2,1-2H3. The summed E-state index contributed by atoms with van der Waals surface area (Å²) < 4.78 is 5.40. The number of hydrogen-bond acceptors (Lipinski definition) is 4. The molecule has 5 nitrogen and oxygen atoms in total. The number of hydrogen-bond donors (Lipinski definition) is 1. The van der Waals surface area contributed by atoms with Crippen molar-refractivity contribution in [3.05, 3.63) is 0 Å². The lowest BCUT2D eigenvalue weighted by atomic mass is 9.99. The highest BCUT2D eigenvalue weighted by molar-refractivity contribution is 5.79. The summed E-state index contributed by atoms with van der Waals surface area (Å²) >= 11 is 0. The smallest absolute Gasteiger partial charge is 0.227 e. The molecular weight excluding hydrogens is 254 g/mol. The Morgan fingerprint density at radius 3 is 2.35 bits per heavy atom. The van der Waals surface area contributed by atoms with Crippen LogP contribution in [0.4, 0.5) is 0 Å². The van der Waals surface area contributed by atoms with E-state index in [0.717, 1.165) is 51.9 Å². The molecule has 2 heterocycles. The van der Waals surface area contributed by atoms with Crippen LogP contribution < -0.4 is 5.73 Å². The Kier molecular flexibility index (Phi) is 5.81. The molecule has 0 bridgehead atoms. The summed E-state index contributed by atoms with van der Waals surface area (Å²) in [6, 6.07) is -0.0669. The Hall–Kier alpha value is -0.650. The predicted octanol–water partition coefficient (Wildman–Crippen LogP) is 0.541. The molecular formula is C15H29N3O2. The normalized spacial score (nSPS) is 25.4. The van der Waals surface area contributed by atoms with E-state index in [1.54, 1.807) is 0 Å². The largest absolute Gasteiger partial charge is 0.381 e. The summed E-state index contributed by atoms with van der Waals surface area (Å²) in [6.45, 7) is 10.5. The van der Waals surface area contributed by atoms with Gasteiger partial charge < -0.3 is 15.4 Å². The van der Waals surface area contributed by atoms with Crippen LogP contribution in [0.15, 0.2) is 0 Å². The van der Waals surface area contributed by atoms with Crippen molar-refractivity contribution < 1.29 is 9.53 Å². The van der Waals surface area contributed by atoms with Gasteiger partial charge in [-0.1, -0.05) is 6.92 Å². The zero-order chi connectivity index (χ0) is 14.5. The van der Waals surface area contributed by atoms with Gasteiger partial charge >= 0.3 is 0 Å². The second-order valence-corrected chi connectivity index (χ2v) is 6.33. The Morgan fingerprint density at radius 2 is 1.80 bits per heavy atom. The zero-order valence-electron chi connectivity index (χ0n) is 12.9. The summed E-state index contributed by atoms with van der Waals surface area (Å²) in [4.78, 5) is 16.7. The van der Waals surface area contributed by atoms with E-state index in [-0.39, 0.29) is 17.9 Å². The van der Waals surface area contributed by atoms with Crippen LogP contribution in [0.1, 0.15) is 26.7 Å². The van der Waals surface area contributed by atoms with E-state index in [2.05, 4.69) is 4.90 Å². The highest BCUT2D eigenvalue weighted by Gasteiger charge is 2.27. The molecule has 2 unspecified atom stereocenters. The van der Waals surface area contributed by atoms with Crippen molar-refractivity contribution in [1.29, 1.82) is 0 Å². The Balaban J connectivity index is 1.73. The van der Waals surface area contributed by atoms with Gasteiger partial charge in [0.2, 0.25) is 5.91 Å². The highest BCUT2D eigenvalue weighted by Crippen LogP contribution is 2.17. The van der Waals surface area contributed by atoms with Crippen LogP contribution in [-0.4, -0.2) is 67.7 Å². The van der Waals surface area contributed by atoms with Crippen molar-refractivity contribution in [2.75, 3.05) is 45.9 Å². The van der Waals surface area contributed by atoms with E-state index in [1.165, 1.54) is 12.8 Å². The van der Waals surface area contributed by atoms with E-state index in [0.29, 0.717) is 0 Å². The maximum atomic E-state index is 12.2. The summed E-state index contributed by atoms with van der Waals surface area (Å²) in [5, 5.41) is 0. The topological polar surface area (TPSA) is 58.8 Å².